The summed E-state index contributed by atoms with van der Waals surface area (Å²) in [5.41, 5.74) is 3.49. The fourth-order valence-electron chi connectivity index (χ4n) is 2.16. The van der Waals surface area contributed by atoms with E-state index in [1.807, 2.05) is 25.1 Å². The molecule has 0 aliphatic heterocycles. The molecule has 0 aliphatic rings. The second-order valence-corrected chi connectivity index (χ2v) is 6.54. The second-order valence-electron chi connectivity index (χ2n) is 4.63. The molecular formula is C15H11N5OS2. The standard InChI is InChI=1S/C15H11N5OS2/c1-9-2-3-11(15-14(9)10(7-17)8-18-15)19-22-13-6-12(20-23-13)21-5-4-16/h2-3,6,8,18-19H,5H2,1H3. The van der Waals surface area contributed by atoms with Gasteiger partial charge in [-0.15, -0.1) is 0 Å². The van der Waals surface area contributed by atoms with Gasteiger partial charge in [-0.1, -0.05) is 6.07 Å². The molecule has 2 heterocycles. The number of hydrogen-bond acceptors (Lipinski definition) is 7. The highest BCUT2D eigenvalue weighted by molar-refractivity contribution is 8.02. The smallest absolute Gasteiger partial charge is 0.227 e. The number of rotatable bonds is 5. The van der Waals surface area contributed by atoms with E-state index >= 15 is 0 Å². The van der Waals surface area contributed by atoms with E-state index in [0.29, 0.717) is 11.4 Å². The average Bonchev–Trinajstić information content (AvgIpc) is 3.19. The first kappa shape index (κ1) is 15.2. The van der Waals surface area contributed by atoms with Crippen molar-refractivity contribution < 1.29 is 4.74 Å². The minimum absolute atomic E-state index is 0.0146. The lowest BCUT2D eigenvalue weighted by atomic mass is 10.1. The van der Waals surface area contributed by atoms with Crippen LogP contribution in [0.15, 0.2) is 28.6 Å². The van der Waals surface area contributed by atoms with Crippen molar-refractivity contribution in [1.29, 1.82) is 10.5 Å². The molecule has 0 bridgehead atoms. The van der Waals surface area contributed by atoms with Crippen LogP contribution in [0.1, 0.15) is 11.1 Å². The number of aromatic nitrogens is 2. The molecule has 0 spiro atoms. The van der Waals surface area contributed by atoms with Crippen LogP contribution in [0.4, 0.5) is 5.69 Å². The maximum Gasteiger partial charge on any atom is 0.227 e. The lowest BCUT2D eigenvalue weighted by Crippen LogP contribution is -1.92. The Morgan fingerprint density at radius 2 is 2.30 bits per heavy atom. The molecule has 23 heavy (non-hydrogen) atoms. The third kappa shape index (κ3) is 3.09. The number of H-pyrrole nitrogens is 1. The summed E-state index contributed by atoms with van der Waals surface area (Å²) in [6, 6.07) is 9.83. The van der Waals surface area contributed by atoms with E-state index in [9.17, 15) is 5.26 Å². The predicted octanol–water partition coefficient (Wildman–Crippen LogP) is 3.83. The second kappa shape index (κ2) is 6.61. The average molecular weight is 341 g/mol. The summed E-state index contributed by atoms with van der Waals surface area (Å²) in [6.07, 6.45) is 1.72. The van der Waals surface area contributed by atoms with Crippen molar-refractivity contribution in [1.82, 2.24) is 9.36 Å². The lowest BCUT2D eigenvalue weighted by Gasteiger charge is -2.06. The van der Waals surface area contributed by atoms with E-state index < -0.39 is 0 Å². The van der Waals surface area contributed by atoms with Gasteiger partial charge in [-0.2, -0.15) is 14.9 Å². The van der Waals surface area contributed by atoms with E-state index in [1.54, 1.807) is 12.3 Å². The first-order valence-corrected chi connectivity index (χ1v) is 8.22. The van der Waals surface area contributed by atoms with Crippen LogP contribution >= 0.6 is 23.5 Å². The number of nitrogens with one attached hydrogen (secondary N) is 2. The Balaban J connectivity index is 1.79. The van der Waals surface area contributed by atoms with E-state index in [-0.39, 0.29) is 6.61 Å². The third-order valence-electron chi connectivity index (χ3n) is 3.18. The van der Waals surface area contributed by atoms with Gasteiger partial charge in [-0.25, -0.2) is 0 Å². The Kier molecular flexibility index (Phi) is 4.38. The molecule has 0 saturated heterocycles. The van der Waals surface area contributed by atoms with Gasteiger partial charge >= 0.3 is 0 Å². The predicted molar refractivity (Wildman–Crippen MR) is 90.5 cm³/mol. The molecular weight excluding hydrogens is 330 g/mol. The normalized spacial score (nSPS) is 10.2. The maximum absolute atomic E-state index is 9.18. The van der Waals surface area contributed by atoms with Crippen LogP contribution in [0.5, 0.6) is 5.88 Å². The number of benzene rings is 1. The van der Waals surface area contributed by atoms with Gasteiger partial charge in [0.05, 0.1) is 16.8 Å². The summed E-state index contributed by atoms with van der Waals surface area (Å²) in [5, 5.41) is 18.6. The van der Waals surface area contributed by atoms with Crippen molar-refractivity contribution in [2.75, 3.05) is 11.3 Å². The molecule has 8 heteroatoms. The highest BCUT2D eigenvalue weighted by atomic mass is 32.2. The van der Waals surface area contributed by atoms with Gasteiger partial charge in [0, 0.05) is 17.6 Å². The van der Waals surface area contributed by atoms with Gasteiger partial charge in [-0.3, -0.25) is 0 Å². The lowest BCUT2D eigenvalue weighted by molar-refractivity contribution is 0.357. The summed E-state index contributed by atoms with van der Waals surface area (Å²) in [5.74, 6) is 0.446. The van der Waals surface area contributed by atoms with Crippen LogP contribution in [0.2, 0.25) is 0 Å². The molecule has 2 N–H and O–H groups in total. The summed E-state index contributed by atoms with van der Waals surface area (Å²) in [7, 11) is 0. The van der Waals surface area contributed by atoms with Gasteiger partial charge < -0.3 is 14.4 Å². The van der Waals surface area contributed by atoms with Gasteiger partial charge in [0.1, 0.15) is 16.3 Å². The number of fused-ring (bicyclic) bond motifs is 1. The molecule has 3 aromatic rings. The fourth-order valence-corrected chi connectivity index (χ4v) is 3.53. The zero-order valence-corrected chi connectivity index (χ0v) is 13.7. The van der Waals surface area contributed by atoms with Crippen molar-refractivity contribution in [2.24, 2.45) is 0 Å². The third-order valence-corrected chi connectivity index (χ3v) is 4.86. The number of hydrogen-bond donors (Lipinski definition) is 2. The summed E-state index contributed by atoms with van der Waals surface area (Å²) >= 11 is 2.70. The molecule has 2 aromatic heterocycles. The van der Waals surface area contributed by atoms with E-state index in [4.69, 9.17) is 10.00 Å². The maximum atomic E-state index is 9.18. The van der Waals surface area contributed by atoms with E-state index in [2.05, 4.69) is 20.1 Å². The Bertz CT molecular complexity index is 932. The van der Waals surface area contributed by atoms with Crippen molar-refractivity contribution in [3.63, 3.8) is 0 Å². The van der Waals surface area contributed by atoms with Crippen LogP contribution in [-0.2, 0) is 0 Å². The number of anilines is 1. The van der Waals surface area contributed by atoms with Crippen LogP contribution in [0.3, 0.4) is 0 Å². The van der Waals surface area contributed by atoms with Crippen LogP contribution < -0.4 is 9.46 Å². The summed E-state index contributed by atoms with van der Waals surface area (Å²) < 4.78 is 13.4. The molecule has 0 aliphatic carbocycles. The molecule has 0 radical (unpaired) electrons. The summed E-state index contributed by atoms with van der Waals surface area (Å²) in [6.45, 7) is 1.97. The molecule has 0 atom stereocenters. The zero-order chi connectivity index (χ0) is 16.2. The molecule has 1 aromatic carbocycles. The quantitative estimate of drug-likeness (QED) is 0.685. The van der Waals surface area contributed by atoms with E-state index in [1.165, 1.54) is 23.5 Å². The molecule has 0 amide bonds. The topological polar surface area (TPSA) is 97.5 Å². The number of ether oxygens (including phenoxy) is 1. The minimum Gasteiger partial charge on any atom is -0.462 e. The van der Waals surface area contributed by atoms with Crippen LogP contribution in [0.25, 0.3) is 10.9 Å². The highest BCUT2D eigenvalue weighted by Gasteiger charge is 2.11. The molecule has 0 saturated carbocycles. The van der Waals surface area contributed by atoms with Crippen molar-refractivity contribution in [2.45, 2.75) is 11.1 Å². The Morgan fingerprint density at radius 3 is 3.09 bits per heavy atom. The monoisotopic (exact) mass is 341 g/mol. The van der Waals surface area contributed by atoms with Crippen LogP contribution in [-0.4, -0.2) is 16.0 Å². The van der Waals surface area contributed by atoms with Gasteiger partial charge in [0.15, 0.2) is 6.61 Å². The molecule has 0 unspecified atom stereocenters. The number of nitriles is 2. The highest BCUT2D eigenvalue weighted by Crippen LogP contribution is 2.33. The first-order valence-electron chi connectivity index (χ1n) is 6.63. The first-order chi connectivity index (χ1) is 11.2. The largest absolute Gasteiger partial charge is 0.462 e. The number of nitrogens with zero attached hydrogens (tertiary/aromatic N) is 3. The van der Waals surface area contributed by atoms with Gasteiger partial charge in [-0.05, 0) is 42.0 Å². The number of aryl methyl sites for hydroxylation is 1. The fraction of sp³-hybridized carbons (Fsp3) is 0.133. The minimum atomic E-state index is -0.0146. The Morgan fingerprint density at radius 1 is 1.43 bits per heavy atom. The zero-order valence-electron chi connectivity index (χ0n) is 12.1. The molecule has 3 rings (SSSR count). The van der Waals surface area contributed by atoms with Crippen molar-refractivity contribution >= 4 is 40.1 Å². The van der Waals surface area contributed by atoms with E-state index in [0.717, 1.165) is 26.4 Å². The van der Waals surface area contributed by atoms with Crippen molar-refractivity contribution in [3.8, 4) is 18.0 Å². The van der Waals surface area contributed by atoms with Crippen LogP contribution in [0, 0.1) is 29.6 Å². The number of aromatic amines is 1. The van der Waals surface area contributed by atoms with Gasteiger partial charge in [0.25, 0.3) is 0 Å². The Hall–Kier alpha value is -2.68. The molecule has 0 fully saturated rings. The molecule has 6 nitrogen and oxygen atoms in total. The van der Waals surface area contributed by atoms with Gasteiger partial charge in [0.2, 0.25) is 5.88 Å². The Labute approximate surface area is 141 Å². The SMILES string of the molecule is Cc1ccc(NSc2cc(OCC#N)ns2)c2[nH]cc(C#N)c12. The molecule has 114 valence electrons. The van der Waals surface area contributed by atoms with Crippen molar-refractivity contribution in [3.05, 3.63) is 35.5 Å². The summed E-state index contributed by atoms with van der Waals surface area (Å²) in [4.78, 5) is 3.15.